The van der Waals surface area contributed by atoms with Crippen LogP contribution in [0.15, 0.2) is 12.3 Å². The van der Waals surface area contributed by atoms with Gasteiger partial charge < -0.3 is 0 Å². The molecule has 7 heteroatoms. The van der Waals surface area contributed by atoms with Crippen molar-refractivity contribution in [3.05, 3.63) is 34.8 Å². The lowest BCUT2D eigenvalue weighted by molar-refractivity contribution is -0.177. The molecule has 0 saturated heterocycles. The average Bonchev–Trinajstić information content (AvgIpc) is 3.05. The second kappa shape index (κ2) is 7.34. The summed E-state index contributed by atoms with van der Waals surface area (Å²) in [5, 5.41) is 14.1. The van der Waals surface area contributed by atoms with Crippen LogP contribution >= 0.6 is 0 Å². The summed E-state index contributed by atoms with van der Waals surface area (Å²) >= 11 is 0. The molecule has 1 unspecified atom stereocenters. The van der Waals surface area contributed by atoms with Crippen molar-refractivity contribution in [2.24, 2.45) is 13.0 Å². The summed E-state index contributed by atoms with van der Waals surface area (Å²) in [6, 6.07) is 4.00. The topological polar surface area (TPSA) is 54.5 Å². The fourth-order valence-electron chi connectivity index (χ4n) is 4.04. The van der Waals surface area contributed by atoms with E-state index in [0.717, 1.165) is 12.8 Å². The highest BCUT2D eigenvalue weighted by molar-refractivity contribution is 5.74. The van der Waals surface area contributed by atoms with Crippen molar-refractivity contribution >= 4 is 0 Å². The fourth-order valence-corrected chi connectivity index (χ4v) is 4.04. The summed E-state index contributed by atoms with van der Waals surface area (Å²) in [7, 11) is 1.74. The van der Waals surface area contributed by atoms with Crippen molar-refractivity contribution in [1.29, 1.82) is 5.26 Å². The Labute approximate surface area is 157 Å². The third-order valence-electron chi connectivity index (χ3n) is 5.62. The first-order valence-electron chi connectivity index (χ1n) is 9.32. The second-order valence-corrected chi connectivity index (χ2v) is 7.12. The highest BCUT2D eigenvalue weighted by Crippen LogP contribution is 2.43. The first-order chi connectivity index (χ1) is 12.8. The molecule has 2 heterocycles. The minimum absolute atomic E-state index is 0.0442. The molecule has 27 heavy (non-hydrogen) atoms. The summed E-state index contributed by atoms with van der Waals surface area (Å²) in [4.78, 5) is 4.72. The molecular weight excluding hydrogens is 353 g/mol. The van der Waals surface area contributed by atoms with Gasteiger partial charge in [0.25, 0.3) is 0 Å². The largest absolute Gasteiger partial charge is 0.392 e. The number of rotatable bonds is 4. The lowest BCUT2D eigenvalue weighted by atomic mass is 9.80. The predicted molar refractivity (Wildman–Crippen MR) is 96.0 cm³/mol. The van der Waals surface area contributed by atoms with E-state index in [-0.39, 0.29) is 25.2 Å². The third-order valence-corrected chi connectivity index (χ3v) is 5.62. The summed E-state index contributed by atoms with van der Waals surface area (Å²) in [5.74, 6) is -1.29. The summed E-state index contributed by atoms with van der Waals surface area (Å²) in [6.45, 7) is 4.08. The Morgan fingerprint density at radius 1 is 1.33 bits per heavy atom. The van der Waals surface area contributed by atoms with Crippen LogP contribution in [-0.4, -0.2) is 20.9 Å². The van der Waals surface area contributed by atoms with Gasteiger partial charge in [-0.2, -0.15) is 23.5 Å². The molecule has 2 aromatic rings. The van der Waals surface area contributed by atoms with Crippen LogP contribution in [0.4, 0.5) is 13.2 Å². The standard InChI is InChI=1S/C20H23F3N4/c1-4-12(5-2)19-15(11-24)18(17-8-9-25-27(17)3)14-10-13(20(21,22)23)6-7-16(14)26-19/h8-9,12-13H,4-7,10H2,1-3H3. The minimum Gasteiger partial charge on any atom is -0.268 e. The molecule has 0 bridgehead atoms. The van der Waals surface area contributed by atoms with Gasteiger partial charge in [0.2, 0.25) is 0 Å². The first kappa shape index (κ1) is 19.4. The average molecular weight is 376 g/mol. The quantitative estimate of drug-likeness (QED) is 0.761. The molecule has 1 aliphatic carbocycles. The van der Waals surface area contributed by atoms with E-state index in [4.69, 9.17) is 4.98 Å². The minimum atomic E-state index is -4.25. The Morgan fingerprint density at radius 2 is 2.04 bits per heavy atom. The number of fused-ring (bicyclic) bond motifs is 1. The maximum atomic E-state index is 13.4. The SMILES string of the molecule is CCC(CC)c1nc2c(c(-c3ccnn3C)c1C#N)CC(C(F)(F)F)CC2. The van der Waals surface area contributed by atoms with Gasteiger partial charge in [0.15, 0.2) is 0 Å². The van der Waals surface area contributed by atoms with Gasteiger partial charge in [-0.3, -0.25) is 9.67 Å². The zero-order chi connectivity index (χ0) is 19.8. The molecule has 0 N–H and O–H groups in total. The number of nitriles is 1. The molecule has 0 aliphatic heterocycles. The van der Waals surface area contributed by atoms with Crippen molar-refractivity contribution in [1.82, 2.24) is 14.8 Å². The fraction of sp³-hybridized carbons (Fsp3) is 0.550. The molecular formula is C20H23F3N4. The van der Waals surface area contributed by atoms with Crippen molar-refractivity contribution < 1.29 is 13.2 Å². The van der Waals surface area contributed by atoms with Crippen molar-refractivity contribution in [3.63, 3.8) is 0 Å². The van der Waals surface area contributed by atoms with E-state index in [0.29, 0.717) is 33.8 Å². The summed E-state index contributed by atoms with van der Waals surface area (Å²) in [5.41, 5.74) is 3.61. The maximum Gasteiger partial charge on any atom is 0.392 e. The van der Waals surface area contributed by atoms with Crippen LogP contribution in [0.5, 0.6) is 0 Å². The highest BCUT2D eigenvalue weighted by atomic mass is 19.4. The van der Waals surface area contributed by atoms with Gasteiger partial charge in [0.1, 0.15) is 6.07 Å². The van der Waals surface area contributed by atoms with Gasteiger partial charge in [-0.25, -0.2) is 0 Å². The van der Waals surface area contributed by atoms with E-state index in [9.17, 15) is 18.4 Å². The van der Waals surface area contributed by atoms with Gasteiger partial charge >= 0.3 is 6.18 Å². The van der Waals surface area contributed by atoms with E-state index >= 15 is 0 Å². The van der Waals surface area contributed by atoms with E-state index in [2.05, 4.69) is 11.2 Å². The number of halogens is 3. The molecule has 0 spiro atoms. The Bertz CT molecular complexity index is 873. The molecule has 1 aliphatic rings. The number of alkyl halides is 3. The van der Waals surface area contributed by atoms with Crippen LogP contribution in [0.1, 0.15) is 61.5 Å². The number of aryl methyl sites for hydroxylation is 2. The molecule has 144 valence electrons. The monoisotopic (exact) mass is 376 g/mol. The van der Waals surface area contributed by atoms with Crippen molar-refractivity contribution in [3.8, 4) is 17.3 Å². The smallest absolute Gasteiger partial charge is 0.268 e. The Balaban J connectivity index is 2.29. The molecule has 2 aromatic heterocycles. The van der Waals surface area contributed by atoms with Crippen LogP contribution < -0.4 is 0 Å². The third kappa shape index (κ3) is 3.45. The Kier molecular flexibility index (Phi) is 5.27. The van der Waals surface area contributed by atoms with Crippen molar-refractivity contribution in [2.45, 2.75) is 58.0 Å². The molecule has 0 fully saturated rings. The number of aromatic nitrogens is 3. The van der Waals surface area contributed by atoms with Gasteiger partial charge in [0.05, 0.1) is 22.9 Å². The lowest BCUT2D eigenvalue weighted by Crippen LogP contribution is -2.30. The zero-order valence-corrected chi connectivity index (χ0v) is 15.8. The van der Waals surface area contributed by atoms with Gasteiger partial charge in [-0.15, -0.1) is 0 Å². The molecule has 1 atom stereocenters. The second-order valence-electron chi connectivity index (χ2n) is 7.12. The van der Waals surface area contributed by atoms with E-state index in [1.54, 1.807) is 24.0 Å². The van der Waals surface area contributed by atoms with Crippen LogP contribution in [0, 0.1) is 17.2 Å². The Hall–Kier alpha value is -2.36. The molecule has 3 rings (SSSR count). The molecule has 0 aromatic carbocycles. The number of hydrogen-bond donors (Lipinski definition) is 0. The van der Waals surface area contributed by atoms with Crippen LogP contribution in [0.25, 0.3) is 11.3 Å². The summed E-state index contributed by atoms with van der Waals surface area (Å²) < 4.78 is 41.8. The zero-order valence-electron chi connectivity index (χ0n) is 15.8. The van der Waals surface area contributed by atoms with Gasteiger partial charge in [-0.05, 0) is 43.7 Å². The number of nitrogens with zero attached hydrogens (tertiary/aromatic N) is 4. The number of hydrogen-bond acceptors (Lipinski definition) is 3. The maximum absolute atomic E-state index is 13.4. The van der Waals surface area contributed by atoms with Gasteiger partial charge in [-0.1, -0.05) is 13.8 Å². The van der Waals surface area contributed by atoms with E-state index in [1.165, 1.54) is 0 Å². The highest BCUT2D eigenvalue weighted by Gasteiger charge is 2.43. The van der Waals surface area contributed by atoms with E-state index in [1.807, 2.05) is 13.8 Å². The molecule has 0 saturated carbocycles. The van der Waals surface area contributed by atoms with E-state index < -0.39 is 12.1 Å². The normalized spacial score (nSPS) is 17.0. The van der Waals surface area contributed by atoms with Crippen molar-refractivity contribution in [2.75, 3.05) is 0 Å². The van der Waals surface area contributed by atoms with Crippen LogP contribution in [-0.2, 0) is 19.9 Å². The lowest BCUT2D eigenvalue weighted by Gasteiger charge is -2.30. The molecule has 0 radical (unpaired) electrons. The predicted octanol–water partition coefficient (Wildman–Crippen LogP) is 4.92. The summed E-state index contributed by atoms with van der Waals surface area (Å²) in [6.07, 6.45) is -0.803. The van der Waals surface area contributed by atoms with Gasteiger partial charge in [0, 0.05) is 30.4 Å². The Morgan fingerprint density at radius 3 is 2.56 bits per heavy atom. The van der Waals surface area contributed by atoms with Crippen LogP contribution in [0.3, 0.4) is 0 Å². The number of pyridine rings is 1. The first-order valence-corrected chi connectivity index (χ1v) is 9.32. The molecule has 0 amide bonds. The molecule has 4 nitrogen and oxygen atoms in total. The van der Waals surface area contributed by atoms with Crippen LogP contribution in [0.2, 0.25) is 0 Å².